The minimum atomic E-state index is -0.570. The zero-order valence-corrected chi connectivity index (χ0v) is 13.9. The van der Waals surface area contributed by atoms with Gasteiger partial charge in [-0.1, -0.05) is 54.6 Å². The molecular formula is C20H25NO2. The van der Waals surface area contributed by atoms with Crippen molar-refractivity contribution in [2.75, 3.05) is 13.2 Å². The maximum Gasteiger partial charge on any atom is 0.312 e. The van der Waals surface area contributed by atoms with Crippen molar-refractivity contribution >= 4 is 5.97 Å². The summed E-state index contributed by atoms with van der Waals surface area (Å²) in [6.07, 6.45) is 1.25. The molecule has 1 atom stereocenters. The van der Waals surface area contributed by atoms with E-state index in [2.05, 4.69) is 36.4 Å². The highest BCUT2D eigenvalue weighted by atomic mass is 16.5. The first-order valence-electron chi connectivity index (χ1n) is 8.10. The summed E-state index contributed by atoms with van der Waals surface area (Å²) < 4.78 is 5.23. The number of rotatable bonds is 7. The van der Waals surface area contributed by atoms with Crippen LogP contribution < -0.4 is 5.73 Å². The molecule has 0 aliphatic heterocycles. The van der Waals surface area contributed by atoms with Crippen LogP contribution in [0.25, 0.3) is 11.1 Å². The molecule has 2 rings (SSSR count). The molecule has 3 heteroatoms. The van der Waals surface area contributed by atoms with Crippen molar-refractivity contribution in [3.63, 3.8) is 0 Å². The molecule has 2 aromatic carbocycles. The number of nitrogens with two attached hydrogens (primary N) is 1. The van der Waals surface area contributed by atoms with Gasteiger partial charge < -0.3 is 10.5 Å². The highest BCUT2D eigenvalue weighted by molar-refractivity contribution is 5.77. The van der Waals surface area contributed by atoms with E-state index in [0.717, 1.165) is 5.56 Å². The second-order valence-corrected chi connectivity index (χ2v) is 6.06. The summed E-state index contributed by atoms with van der Waals surface area (Å²) in [5.74, 6) is -0.169. The smallest absolute Gasteiger partial charge is 0.312 e. The summed E-state index contributed by atoms with van der Waals surface area (Å²) in [5, 5.41) is 0. The molecule has 0 amide bonds. The Morgan fingerprint density at radius 1 is 1.04 bits per heavy atom. The monoisotopic (exact) mass is 311 g/mol. The van der Waals surface area contributed by atoms with Crippen LogP contribution >= 0.6 is 0 Å². The van der Waals surface area contributed by atoms with Crippen molar-refractivity contribution in [2.45, 2.75) is 26.7 Å². The lowest BCUT2D eigenvalue weighted by Crippen LogP contribution is -2.34. The quantitative estimate of drug-likeness (QED) is 0.791. The molecule has 2 N–H and O–H groups in total. The van der Waals surface area contributed by atoms with E-state index < -0.39 is 5.41 Å². The largest absolute Gasteiger partial charge is 0.466 e. The van der Waals surface area contributed by atoms with Crippen LogP contribution in [0.15, 0.2) is 54.6 Å². The van der Waals surface area contributed by atoms with Gasteiger partial charge in [-0.2, -0.15) is 0 Å². The zero-order chi connectivity index (χ0) is 16.7. The third kappa shape index (κ3) is 4.42. The lowest BCUT2D eigenvalue weighted by molar-refractivity contribution is -0.154. The number of hydrogen-bond donors (Lipinski definition) is 1. The van der Waals surface area contributed by atoms with Gasteiger partial charge >= 0.3 is 5.97 Å². The lowest BCUT2D eigenvalue weighted by Gasteiger charge is -2.27. The third-order valence-electron chi connectivity index (χ3n) is 4.12. The van der Waals surface area contributed by atoms with Crippen LogP contribution in [0.1, 0.15) is 25.8 Å². The predicted molar refractivity (Wildman–Crippen MR) is 94.0 cm³/mol. The number of esters is 1. The molecule has 0 aliphatic rings. The first kappa shape index (κ1) is 17.2. The molecule has 0 aliphatic carbocycles. The highest BCUT2D eigenvalue weighted by Gasteiger charge is 2.34. The van der Waals surface area contributed by atoms with Crippen LogP contribution in [0.5, 0.6) is 0 Å². The van der Waals surface area contributed by atoms with Crippen LogP contribution in [0.4, 0.5) is 0 Å². The maximum absolute atomic E-state index is 12.3. The van der Waals surface area contributed by atoms with E-state index >= 15 is 0 Å². The van der Waals surface area contributed by atoms with Crippen molar-refractivity contribution in [2.24, 2.45) is 11.1 Å². The van der Waals surface area contributed by atoms with Crippen LogP contribution in [0.3, 0.4) is 0 Å². The van der Waals surface area contributed by atoms with Gasteiger partial charge in [0.25, 0.3) is 0 Å². The Morgan fingerprint density at radius 3 is 2.22 bits per heavy atom. The number of carbonyl (C=O) groups is 1. The molecule has 0 spiro atoms. The molecule has 0 fully saturated rings. The topological polar surface area (TPSA) is 52.3 Å². The van der Waals surface area contributed by atoms with Gasteiger partial charge in [0, 0.05) is 0 Å². The second-order valence-electron chi connectivity index (χ2n) is 6.06. The fourth-order valence-electron chi connectivity index (χ4n) is 2.78. The fourth-order valence-corrected chi connectivity index (χ4v) is 2.78. The Kier molecular flexibility index (Phi) is 5.94. The highest BCUT2D eigenvalue weighted by Crippen LogP contribution is 2.29. The molecule has 0 aromatic heterocycles. The van der Waals surface area contributed by atoms with E-state index in [-0.39, 0.29) is 5.97 Å². The maximum atomic E-state index is 12.3. The lowest BCUT2D eigenvalue weighted by atomic mass is 9.80. The SMILES string of the molecule is CCOC(=O)C(C)(CCN)Cc1ccc(-c2ccccc2)cc1. The van der Waals surface area contributed by atoms with Crippen LogP contribution in [0, 0.1) is 5.41 Å². The normalized spacial score (nSPS) is 13.3. The zero-order valence-electron chi connectivity index (χ0n) is 13.9. The Labute approximate surface area is 138 Å². The summed E-state index contributed by atoms with van der Waals surface area (Å²) in [5.41, 5.74) is 8.60. The van der Waals surface area contributed by atoms with E-state index in [1.165, 1.54) is 11.1 Å². The van der Waals surface area contributed by atoms with Gasteiger partial charge in [-0.25, -0.2) is 0 Å². The minimum absolute atomic E-state index is 0.169. The molecule has 0 radical (unpaired) electrons. The van der Waals surface area contributed by atoms with E-state index in [0.29, 0.717) is 26.0 Å². The number of benzene rings is 2. The van der Waals surface area contributed by atoms with Crippen LogP contribution in [-0.2, 0) is 16.0 Å². The van der Waals surface area contributed by atoms with Gasteiger partial charge in [0.05, 0.1) is 12.0 Å². The molecule has 0 saturated heterocycles. The molecule has 1 unspecified atom stereocenters. The first-order valence-corrected chi connectivity index (χ1v) is 8.10. The molecule has 3 nitrogen and oxygen atoms in total. The Morgan fingerprint density at radius 2 is 1.65 bits per heavy atom. The van der Waals surface area contributed by atoms with Crippen molar-refractivity contribution in [3.8, 4) is 11.1 Å². The Hall–Kier alpha value is -2.13. The predicted octanol–water partition coefficient (Wildman–Crippen LogP) is 3.81. The average molecular weight is 311 g/mol. The second kappa shape index (κ2) is 7.93. The summed E-state index contributed by atoms with van der Waals surface area (Å²) in [6.45, 7) is 4.63. The average Bonchev–Trinajstić information content (AvgIpc) is 2.57. The number of hydrogen-bond acceptors (Lipinski definition) is 3. The van der Waals surface area contributed by atoms with E-state index in [1.807, 2.05) is 32.0 Å². The Balaban J connectivity index is 2.16. The van der Waals surface area contributed by atoms with Crippen LogP contribution in [-0.4, -0.2) is 19.1 Å². The molecule has 0 saturated carbocycles. The van der Waals surface area contributed by atoms with Crippen molar-refractivity contribution in [1.29, 1.82) is 0 Å². The van der Waals surface area contributed by atoms with E-state index in [4.69, 9.17) is 10.5 Å². The molecule has 23 heavy (non-hydrogen) atoms. The van der Waals surface area contributed by atoms with Crippen molar-refractivity contribution in [1.82, 2.24) is 0 Å². The molecule has 0 bridgehead atoms. The van der Waals surface area contributed by atoms with E-state index in [1.54, 1.807) is 0 Å². The molecular weight excluding hydrogens is 286 g/mol. The molecule has 122 valence electrons. The molecule has 0 heterocycles. The van der Waals surface area contributed by atoms with Crippen molar-refractivity contribution < 1.29 is 9.53 Å². The number of carbonyl (C=O) groups excluding carboxylic acids is 1. The molecule has 2 aromatic rings. The van der Waals surface area contributed by atoms with E-state index in [9.17, 15) is 4.79 Å². The van der Waals surface area contributed by atoms with Gasteiger partial charge in [-0.15, -0.1) is 0 Å². The summed E-state index contributed by atoms with van der Waals surface area (Å²) in [7, 11) is 0. The summed E-state index contributed by atoms with van der Waals surface area (Å²) in [6, 6.07) is 18.6. The third-order valence-corrected chi connectivity index (χ3v) is 4.12. The fraction of sp³-hybridized carbons (Fsp3) is 0.350. The van der Waals surface area contributed by atoms with Gasteiger partial charge in [0.15, 0.2) is 0 Å². The Bertz CT molecular complexity index is 622. The van der Waals surface area contributed by atoms with Gasteiger partial charge in [-0.3, -0.25) is 4.79 Å². The number of ether oxygens (including phenoxy) is 1. The van der Waals surface area contributed by atoms with Crippen molar-refractivity contribution in [3.05, 3.63) is 60.2 Å². The summed E-state index contributed by atoms with van der Waals surface area (Å²) >= 11 is 0. The summed E-state index contributed by atoms with van der Waals surface area (Å²) in [4.78, 5) is 12.3. The minimum Gasteiger partial charge on any atom is -0.466 e. The first-order chi connectivity index (χ1) is 11.1. The van der Waals surface area contributed by atoms with Crippen LogP contribution in [0.2, 0.25) is 0 Å². The van der Waals surface area contributed by atoms with Gasteiger partial charge in [-0.05, 0) is 49.9 Å². The van der Waals surface area contributed by atoms with Gasteiger partial charge in [0.1, 0.15) is 0 Å². The van der Waals surface area contributed by atoms with Gasteiger partial charge in [0.2, 0.25) is 0 Å². The standard InChI is InChI=1S/C20H25NO2/c1-3-23-19(22)20(2,13-14-21)15-16-9-11-18(12-10-16)17-7-5-4-6-8-17/h4-12H,3,13-15,21H2,1-2H3.